The fourth-order valence-electron chi connectivity index (χ4n) is 3.66. The third-order valence-corrected chi connectivity index (χ3v) is 5.51. The van der Waals surface area contributed by atoms with Crippen molar-refractivity contribution in [2.24, 2.45) is 0 Å². The standard InChI is InChI=1S/C27H28N2O5/c28-21-10-14-23(15-11-21)34-22-12-8-20(9-13-22)26(30)24(29-27(31)25-7-4-16-33-25)18-32-17-19-5-2-1-3-6-19/h1-3,5-6,8-15,24-25H,4,7,16-18,28H2,(H,29,31)/t24?,25-/m1/s1. The van der Waals surface area contributed by atoms with Gasteiger partial charge in [0.25, 0.3) is 0 Å². The number of Topliss-reactive ketones (excluding diaryl/α,β-unsaturated/α-hetero) is 1. The Morgan fingerprint density at radius 1 is 0.971 bits per heavy atom. The van der Waals surface area contributed by atoms with Crippen molar-refractivity contribution in [3.8, 4) is 11.5 Å². The Morgan fingerprint density at radius 2 is 1.65 bits per heavy atom. The molecule has 1 unspecified atom stereocenters. The molecule has 0 bridgehead atoms. The molecular weight excluding hydrogens is 432 g/mol. The molecule has 0 aliphatic carbocycles. The average Bonchev–Trinajstić information content (AvgIpc) is 3.41. The van der Waals surface area contributed by atoms with Crippen molar-refractivity contribution in [1.82, 2.24) is 5.32 Å². The summed E-state index contributed by atoms with van der Waals surface area (Å²) < 4.78 is 17.1. The molecule has 4 rings (SSSR count). The van der Waals surface area contributed by atoms with Crippen LogP contribution in [0.2, 0.25) is 0 Å². The minimum atomic E-state index is -0.829. The number of ether oxygens (including phenoxy) is 3. The third-order valence-electron chi connectivity index (χ3n) is 5.51. The van der Waals surface area contributed by atoms with Crippen LogP contribution in [0.15, 0.2) is 78.9 Å². The molecule has 1 aliphatic rings. The first-order valence-corrected chi connectivity index (χ1v) is 11.3. The van der Waals surface area contributed by atoms with Crippen LogP contribution in [-0.4, -0.2) is 37.0 Å². The molecule has 7 nitrogen and oxygen atoms in total. The summed E-state index contributed by atoms with van der Waals surface area (Å²) in [4.78, 5) is 25.9. The van der Waals surface area contributed by atoms with Gasteiger partial charge in [-0.1, -0.05) is 30.3 Å². The first-order chi connectivity index (χ1) is 16.6. The van der Waals surface area contributed by atoms with E-state index in [1.807, 2.05) is 30.3 Å². The lowest BCUT2D eigenvalue weighted by Gasteiger charge is -2.20. The molecule has 176 valence electrons. The first-order valence-electron chi connectivity index (χ1n) is 11.3. The Bertz CT molecular complexity index is 1080. The Kier molecular flexibility index (Phi) is 7.91. The predicted molar refractivity (Wildman–Crippen MR) is 129 cm³/mol. The summed E-state index contributed by atoms with van der Waals surface area (Å²) in [7, 11) is 0. The van der Waals surface area contributed by atoms with Crippen molar-refractivity contribution >= 4 is 17.4 Å². The van der Waals surface area contributed by atoms with Gasteiger partial charge in [-0.15, -0.1) is 0 Å². The third kappa shape index (κ3) is 6.43. The van der Waals surface area contributed by atoms with E-state index in [0.29, 0.717) is 42.4 Å². The summed E-state index contributed by atoms with van der Waals surface area (Å²) in [5, 5.41) is 2.82. The van der Waals surface area contributed by atoms with Gasteiger partial charge in [-0.25, -0.2) is 0 Å². The van der Waals surface area contributed by atoms with E-state index in [2.05, 4.69) is 5.32 Å². The van der Waals surface area contributed by atoms with Crippen LogP contribution in [-0.2, 0) is 20.9 Å². The largest absolute Gasteiger partial charge is 0.457 e. The molecule has 0 aromatic heterocycles. The van der Waals surface area contributed by atoms with Crippen LogP contribution in [0.4, 0.5) is 5.69 Å². The summed E-state index contributed by atoms with van der Waals surface area (Å²) in [6, 6.07) is 22.7. The van der Waals surface area contributed by atoms with Gasteiger partial charge in [0.2, 0.25) is 5.91 Å². The quantitative estimate of drug-likeness (QED) is 0.349. The van der Waals surface area contributed by atoms with E-state index in [-0.39, 0.29) is 18.3 Å². The molecule has 7 heteroatoms. The predicted octanol–water partition coefficient (Wildman–Crippen LogP) is 4.12. The Morgan fingerprint density at radius 3 is 2.29 bits per heavy atom. The lowest BCUT2D eigenvalue weighted by molar-refractivity contribution is -0.131. The van der Waals surface area contributed by atoms with Crippen LogP contribution < -0.4 is 15.8 Å². The zero-order valence-corrected chi connectivity index (χ0v) is 18.8. The second-order valence-corrected chi connectivity index (χ2v) is 8.12. The van der Waals surface area contributed by atoms with Crippen LogP contribution in [0.5, 0.6) is 11.5 Å². The number of nitrogen functional groups attached to an aromatic ring is 1. The van der Waals surface area contributed by atoms with Crippen molar-refractivity contribution in [1.29, 1.82) is 0 Å². The van der Waals surface area contributed by atoms with Crippen LogP contribution in [0.1, 0.15) is 28.8 Å². The zero-order chi connectivity index (χ0) is 23.8. The van der Waals surface area contributed by atoms with E-state index in [1.54, 1.807) is 48.5 Å². The molecule has 3 N–H and O–H groups in total. The Balaban J connectivity index is 1.42. The number of carbonyl (C=O) groups excluding carboxylic acids is 2. The van der Waals surface area contributed by atoms with E-state index in [9.17, 15) is 9.59 Å². The van der Waals surface area contributed by atoms with Gasteiger partial charge in [0.1, 0.15) is 23.6 Å². The summed E-state index contributed by atoms with van der Waals surface area (Å²) in [6.45, 7) is 0.946. The molecule has 1 amide bonds. The van der Waals surface area contributed by atoms with E-state index in [1.165, 1.54) is 0 Å². The number of hydrogen-bond acceptors (Lipinski definition) is 6. The summed E-state index contributed by atoms with van der Waals surface area (Å²) >= 11 is 0. The highest BCUT2D eigenvalue weighted by atomic mass is 16.5. The molecular formula is C27H28N2O5. The van der Waals surface area contributed by atoms with E-state index in [4.69, 9.17) is 19.9 Å². The summed E-state index contributed by atoms with van der Waals surface area (Å²) in [5.74, 6) is 0.701. The number of ketones is 1. The van der Waals surface area contributed by atoms with E-state index >= 15 is 0 Å². The Hall–Kier alpha value is -3.68. The molecule has 2 atom stereocenters. The van der Waals surface area contributed by atoms with Gasteiger partial charge >= 0.3 is 0 Å². The molecule has 1 saturated heterocycles. The van der Waals surface area contributed by atoms with Crippen molar-refractivity contribution in [3.63, 3.8) is 0 Å². The second kappa shape index (κ2) is 11.4. The number of benzene rings is 3. The number of nitrogens with one attached hydrogen (secondary N) is 1. The van der Waals surface area contributed by atoms with Crippen LogP contribution in [0.3, 0.4) is 0 Å². The normalized spacial score (nSPS) is 16.1. The number of nitrogens with two attached hydrogens (primary N) is 1. The molecule has 3 aromatic carbocycles. The second-order valence-electron chi connectivity index (χ2n) is 8.12. The van der Waals surface area contributed by atoms with Gasteiger partial charge in [0, 0.05) is 17.9 Å². The molecule has 3 aromatic rings. The average molecular weight is 461 g/mol. The topological polar surface area (TPSA) is 99.9 Å². The fourth-order valence-corrected chi connectivity index (χ4v) is 3.66. The van der Waals surface area contributed by atoms with Gasteiger partial charge in [-0.2, -0.15) is 0 Å². The maximum absolute atomic E-state index is 13.3. The van der Waals surface area contributed by atoms with Crippen molar-refractivity contribution < 1.29 is 23.8 Å². The highest BCUT2D eigenvalue weighted by Crippen LogP contribution is 2.23. The van der Waals surface area contributed by atoms with E-state index in [0.717, 1.165) is 12.0 Å². The fraction of sp³-hybridized carbons (Fsp3) is 0.259. The monoisotopic (exact) mass is 460 g/mol. The van der Waals surface area contributed by atoms with Crippen LogP contribution in [0.25, 0.3) is 0 Å². The van der Waals surface area contributed by atoms with Crippen molar-refractivity contribution in [2.45, 2.75) is 31.6 Å². The smallest absolute Gasteiger partial charge is 0.249 e. The molecule has 0 radical (unpaired) electrons. The SMILES string of the molecule is Nc1ccc(Oc2ccc(C(=O)C(COCc3ccccc3)NC(=O)[C@H]3CCCO3)cc2)cc1. The number of carbonyl (C=O) groups is 2. The number of amides is 1. The van der Waals surface area contributed by atoms with Gasteiger partial charge in [-0.05, 0) is 66.9 Å². The molecule has 34 heavy (non-hydrogen) atoms. The first kappa shape index (κ1) is 23.5. The lowest BCUT2D eigenvalue weighted by Crippen LogP contribution is -2.47. The maximum Gasteiger partial charge on any atom is 0.249 e. The molecule has 1 heterocycles. The van der Waals surface area contributed by atoms with Gasteiger partial charge in [0.15, 0.2) is 5.78 Å². The number of hydrogen-bond donors (Lipinski definition) is 2. The number of rotatable bonds is 10. The van der Waals surface area contributed by atoms with Gasteiger partial charge < -0.3 is 25.3 Å². The van der Waals surface area contributed by atoms with Crippen molar-refractivity contribution in [3.05, 3.63) is 90.0 Å². The van der Waals surface area contributed by atoms with Crippen molar-refractivity contribution in [2.75, 3.05) is 18.9 Å². The molecule has 1 aliphatic heterocycles. The minimum absolute atomic E-state index is 0.0515. The minimum Gasteiger partial charge on any atom is -0.457 e. The molecule has 0 saturated carbocycles. The van der Waals surface area contributed by atoms with Gasteiger partial charge in [0.05, 0.1) is 13.2 Å². The van der Waals surface area contributed by atoms with Crippen LogP contribution >= 0.6 is 0 Å². The maximum atomic E-state index is 13.3. The van der Waals surface area contributed by atoms with Gasteiger partial charge in [-0.3, -0.25) is 9.59 Å². The molecule has 1 fully saturated rings. The number of anilines is 1. The van der Waals surface area contributed by atoms with Crippen LogP contribution in [0, 0.1) is 0 Å². The molecule has 0 spiro atoms. The highest BCUT2D eigenvalue weighted by molar-refractivity contribution is 6.02. The highest BCUT2D eigenvalue weighted by Gasteiger charge is 2.29. The Labute approximate surface area is 198 Å². The summed E-state index contributed by atoms with van der Waals surface area (Å²) in [5.41, 5.74) is 7.79. The van der Waals surface area contributed by atoms with E-state index < -0.39 is 12.1 Å². The zero-order valence-electron chi connectivity index (χ0n) is 18.8. The summed E-state index contributed by atoms with van der Waals surface area (Å²) in [6.07, 6.45) is 0.950. The lowest BCUT2D eigenvalue weighted by atomic mass is 10.0.